The standard InChI is InChI=1S/C13H24N2O5S2/c1-9(16)15(19)11(6-8-22-4)12(17)14-10(5-7-21-3)13(18)20-2/h10-11,19H,5-8H2,1-4H3,(H,14,17). The molecule has 0 aliphatic carbocycles. The fourth-order valence-corrected chi connectivity index (χ4v) is 2.64. The molecule has 0 aromatic carbocycles. The highest BCUT2D eigenvalue weighted by Gasteiger charge is 2.30. The van der Waals surface area contributed by atoms with Crippen LogP contribution in [0.4, 0.5) is 0 Å². The van der Waals surface area contributed by atoms with Crippen LogP contribution in [0.25, 0.3) is 0 Å². The van der Waals surface area contributed by atoms with Crippen molar-refractivity contribution in [2.45, 2.75) is 31.8 Å². The molecule has 128 valence electrons. The summed E-state index contributed by atoms with van der Waals surface area (Å²) in [5, 5.41) is 12.7. The summed E-state index contributed by atoms with van der Waals surface area (Å²) < 4.78 is 4.67. The molecule has 22 heavy (non-hydrogen) atoms. The molecule has 0 aromatic heterocycles. The van der Waals surface area contributed by atoms with Gasteiger partial charge in [0, 0.05) is 6.92 Å². The molecule has 0 spiro atoms. The molecule has 2 N–H and O–H groups in total. The van der Waals surface area contributed by atoms with Crippen LogP contribution in [0.5, 0.6) is 0 Å². The average molecular weight is 352 g/mol. The third kappa shape index (κ3) is 7.37. The van der Waals surface area contributed by atoms with Gasteiger partial charge in [-0.05, 0) is 36.9 Å². The Kier molecular flexibility index (Phi) is 11.1. The molecular formula is C13H24N2O5S2. The first-order valence-corrected chi connectivity index (χ1v) is 9.52. The molecule has 2 unspecified atom stereocenters. The maximum Gasteiger partial charge on any atom is 0.328 e. The number of hydrogen-bond donors (Lipinski definition) is 2. The highest BCUT2D eigenvalue weighted by atomic mass is 32.2. The second-order valence-electron chi connectivity index (χ2n) is 4.53. The van der Waals surface area contributed by atoms with Crippen LogP contribution in [-0.4, -0.2) is 71.3 Å². The zero-order valence-corrected chi connectivity index (χ0v) is 15.0. The van der Waals surface area contributed by atoms with Crippen molar-refractivity contribution in [3.63, 3.8) is 0 Å². The van der Waals surface area contributed by atoms with Gasteiger partial charge in [-0.1, -0.05) is 0 Å². The largest absolute Gasteiger partial charge is 0.467 e. The minimum Gasteiger partial charge on any atom is -0.467 e. The zero-order chi connectivity index (χ0) is 17.1. The summed E-state index contributed by atoms with van der Waals surface area (Å²) in [6.45, 7) is 1.17. The van der Waals surface area contributed by atoms with Gasteiger partial charge in [-0.3, -0.25) is 14.8 Å². The molecule has 0 aliphatic rings. The number of hydroxylamine groups is 2. The molecule has 0 heterocycles. The Labute approximate surface area is 139 Å². The molecule has 2 amide bonds. The van der Waals surface area contributed by atoms with Crippen molar-refractivity contribution in [1.82, 2.24) is 10.4 Å². The second kappa shape index (κ2) is 11.6. The Morgan fingerprint density at radius 3 is 2.18 bits per heavy atom. The highest BCUT2D eigenvalue weighted by molar-refractivity contribution is 7.98. The van der Waals surface area contributed by atoms with Crippen molar-refractivity contribution in [2.24, 2.45) is 0 Å². The van der Waals surface area contributed by atoms with Gasteiger partial charge < -0.3 is 10.1 Å². The van der Waals surface area contributed by atoms with Crippen molar-refractivity contribution in [3.8, 4) is 0 Å². The van der Waals surface area contributed by atoms with E-state index >= 15 is 0 Å². The number of carbonyl (C=O) groups excluding carboxylic acids is 3. The summed E-state index contributed by atoms with van der Waals surface area (Å²) >= 11 is 3.04. The van der Waals surface area contributed by atoms with Gasteiger partial charge in [-0.25, -0.2) is 9.86 Å². The van der Waals surface area contributed by atoms with E-state index in [4.69, 9.17) is 0 Å². The Hall–Kier alpha value is -0.930. The van der Waals surface area contributed by atoms with Crippen LogP contribution in [0.1, 0.15) is 19.8 Å². The number of rotatable bonds is 10. The van der Waals surface area contributed by atoms with Crippen LogP contribution in [0.15, 0.2) is 0 Å². The Morgan fingerprint density at radius 1 is 1.18 bits per heavy atom. The van der Waals surface area contributed by atoms with E-state index in [1.807, 2.05) is 12.5 Å². The summed E-state index contributed by atoms with van der Waals surface area (Å²) in [5.74, 6) is -0.470. The predicted octanol–water partition coefficient (Wildman–Crippen LogP) is 0.757. The van der Waals surface area contributed by atoms with Gasteiger partial charge in [0.2, 0.25) is 11.8 Å². The number of methoxy groups -OCH3 is 1. The SMILES string of the molecule is COC(=O)C(CCSC)NC(=O)C(CCSC)N(O)C(C)=O. The molecule has 0 rings (SSSR count). The van der Waals surface area contributed by atoms with Gasteiger partial charge in [0.1, 0.15) is 12.1 Å². The molecule has 0 aliphatic heterocycles. The number of thioether (sulfide) groups is 2. The van der Waals surface area contributed by atoms with E-state index in [9.17, 15) is 19.6 Å². The maximum absolute atomic E-state index is 12.3. The summed E-state index contributed by atoms with van der Waals surface area (Å²) in [7, 11) is 1.25. The molecule has 0 saturated carbocycles. The van der Waals surface area contributed by atoms with Gasteiger partial charge in [0.05, 0.1) is 7.11 Å². The van der Waals surface area contributed by atoms with Crippen molar-refractivity contribution >= 4 is 41.3 Å². The van der Waals surface area contributed by atoms with Gasteiger partial charge in [0.25, 0.3) is 0 Å². The minimum absolute atomic E-state index is 0.291. The Bertz CT molecular complexity index is 381. The molecular weight excluding hydrogens is 328 g/mol. The van der Waals surface area contributed by atoms with E-state index in [1.54, 1.807) is 11.8 Å². The van der Waals surface area contributed by atoms with Gasteiger partial charge in [-0.15, -0.1) is 0 Å². The normalized spacial score (nSPS) is 13.1. The van der Waals surface area contributed by atoms with Gasteiger partial charge in [0.15, 0.2) is 0 Å². The van der Waals surface area contributed by atoms with Gasteiger partial charge >= 0.3 is 5.97 Å². The fraction of sp³-hybridized carbons (Fsp3) is 0.769. The first-order valence-electron chi connectivity index (χ1n) is 6.73. The number of hydrogen-bond acceptors (Lipinski definition) is 7. The van der Waals surface area contributed by atoms with Crippen molar-refractivity contribution in [2.75, 3.05) is 31.1 Å². The van der Waals surface area contributed by atoms with Gasteiger partial charge in [-0.2, -0.15) is 23.5 Å². The molecule has 0 radical (unpaired) electrons. The topological polar surface area (TPSA) is 95.9 Å². The second-order valence-corrected chi connectivity index (χ2v) is 6.50. The maximum atomic E-state index is 12.3. The third-order valence-electron chi connectivity index (χ3n) is 2.93. The molecule has 2 atom stereocenters. The lowest BCUT2D eigenvalue weighted by Crippen LogP contribution is -2.52. The highest BCUT2D eigenvalue weighted by Crippen LogP contribution is 2.09. The summed E-state index contributed by atoms with van der Waals surface area (Å²) in [5.41, 5.74) is 0. The predicted molar refractivity (Wildman–Crippen MR) is 88.0 cm³/mol. The Morgan fingerprint density at radius 2 is 1.73 bits per heavy atom. The van der Waals surface area contributed by atoms with E-state index in [0.29, 0.717) is 29.4 Å². The summed E-state index contributed by atoms with van der Waals surface area (Å²) in [6.07, 6.45) is 4.46. The molecule has 9 heteroatoms. The van der Waals surface area contributed by atoms with Crippen molar-refractivity contribution in [1.29, 1.82) is 0 Å². The van der Waals surface area contributed by atoms with E-state index < -0.39 is 29.9 Å². The minimum atomic E-state index is -1.02. The number of amides is 2. The van der Waals surface area contributed by atoms with E-state index in [-0.39, 0.29) is 0 Å². The van der Waals surface area contributed by atoms with E-state index in [0.717, 1.165) is 0 Å². The lowest BCUT2D eigenvalue weighted by Gasteiger charge is -2.26. The van der Waals surface area contributed by atoms with Crippen LogP contribution >= 0.6 is 23.5 Å². The monoisotopic (exact) mass is 352 g/mol. The first kappa shape index (κ1) is 21.1. The average Bonchev–Trinajstić information content (AvgIpc) is 2.50. The van der Waals surface area contributed by atoms with Crippen molar-refractivity contribution < 1.29 is 24.3 Å². The molecule has 0 saturated heterocycles. The molecule has 0 aromatic rings. The molecule has 0 fully saturated rings. The number of ether oxygens (including phenoxy) is 1. The van der Waals surface area contributed by atoms with E-state index in [1.165, 1.54) is 25.8 Å². The van der Waals surface area contributed by atoms with Crippen LogP contribution in [-0.2, 0) is 19.1 Å². The fourth-order valence-electron chi connectivity index (χ4n) is 1.71. The van der Waals surface area contributed by atoms with Crippen LogP contribution < -0.4 is 5.32 Å². The number of esters is 1. The van der Waals surface area contributed by atoms with Crippen LogP contribution in [0.3, 0.4) is 0 Å². The summed E-state index contributed by atoms with van der Waals surface area (Å²) in [6, 6.07) is -1.81. The number of nitrogens with one attached hydrogen (secondary N) is 1. The summed E-state index contributed by atoms with van der Waals surface area (Å²) in [4.78, 5) is 35.3. The Balaban J connectivity index is 4.93. The molecule has 7 nitrogen and oxygen atoms in total. The molecule has 0 bridgehead atoms. The third-order valence-corrected chi connectivity index (χ3v) is 4.22. The smallest absolute Gasteiger partial charge is 0.328 e. The van der Waals surface area contributed by atoms with E-state index in [2.05, 4.69) is 10.1 Å². The quantitative estimate of drug-likeness (QED) is 0.340. The lowest BCUT2D eigenvalue weighted by atomic mass is 10.1. The first-order chi connectivity index (χ1) is 10.4. The van der Waals surface area contributed by atoms with Crippen LogP contribution in [0.2, 0.25) is 0 Å². The van der Waals surface area contributed by atoms with Crippen LogP contribution in [0, 0.1) is 0 Å². The number of nitrogens with zero attached hydrogens (tertiary/aromatic N) is 1. The number of carbonyl (C=O) groups is 3. The lowest BCUT2D eigenvalue weighted by molar-refractivity contribution is -0.178. The van der Waals surface area contributed by atoms with Crippen molar-refractivity contribution in [3.05, 3.63) is 0 Å². The zero-order valence-electron chi connectivity index (χ0n) is 13.3.